The lowest BCUT2D eigenvalue weighted by atomic mass is 9.99. The third-order valence-electron chi connectivity index (χ3n) is 6.32. The smallest absolute Gasteiger partial charge is 0.240 e. The van der Waals surface area contributed by atoms with Crippen molar-refractivity contribution < 1.29 is 13.8 Å². The fourth-order valence-electron chi connectivity index (χ4n) is 5.05. The summed E-state index contributed by atoms with van der Waals surface area (Å²) >= 11 is 0. The van der Waals surface area contributed by atoms with Gasteiger partial charge in [0, 0.05) is 0 Å². The van der Waals surface area contributed by atoms with Crippen molar-refractivity contribution in [2.75, 3.05) is 5.75 Å². The molecule has 7 heteroatoms. The first-order chi connectivity index (χ1) is 14.5. The molecule has 30 heavy (non-hydrogen) atoms. The van der Waals surface area contributed by atoms with Gasteiger partial charge in [0.05, 0.1) is 23.4 Å². The predicted molar refractivity (Wildman–Crippen MR) is 115 cm³/mol. The molecule has 0 spiro atoms. The number of isocyanates is 1. The molecular formula is C23H23N3O3S. The fraction of sp³-hybridized carbons (Fsp3) is 0.391. The van der Waals surface area contributed by atoms with E-state index in [9.17, 15) is 13.8 Å². The lowest BCUT2D eigenvalue weighted by Gasteiger charge is -2.09. The molecule has 3 aliphatic rings. The van der Waals surface area contributed by atoms with E-state index in [1.165, 1.54) is 5.56 Å². The molecule has 1 N–H and O–H groups in total. The summed E-state index contributed by atoms with van der Waals surface area (Å²) in [4.78, 5) is 27.5. The average molecular weight is 422 g/mol. The molecule has 1 aliphatic heterocycles. The van der Waals surface area contributed by atoms with Crippen molar-refractivity contribution in [1.29, 1.82) is 0 Å². The van der Waals surface area contributed by atoms with Gasteiger partial charge in [0.2, 0.25) is 12.0 Å². The van der Waals surface area contributed by atoms with Crippen molar-refractivity contribution >= 4 is 27.6 Å². The molecule has 1 saturated heterocycles. The summed E-state index contributed by atoms with van der Waals surface area (Å²) in [6.45, 7) is 0. The van der Waals surface area contributed by atoms with Crippen LogP contribution in [-0.4, -0.2) is 28.0 Å². The van der Waals surface area contributed by atoms with Crippen LogP contribution in [-0.2, 0) is 51.6 Å². The third-order valence-corrected chi connectivity index (χ3v) is 8.34. The maximum absolute atomic E-state index is 13.3. The summed E-state index contributed by atoms with van der Waals surface area (Å²) < 4.78 is 20.6. The molecule has 0 saturated carbocycles. The van der Waals surface area contributed by atoms with Crippen molar-refractivity contribution in [2.24, 2.45) is 15.3 Å². The Morgan fingerprint density at radius 2 is 1.93 bits per heavy atom. The first-order valence-corrected chi connectivity index (χ1v) is 12.1. The molecule has 5 rings (SSSR count). The van der Waals surface area contributed by atoms with Crippen LogP contribution in [0, 0.1) is 5.92 Å². The highest BCUT2D eigenvalue weighted by Gasteiger charge is 2.36. The minimum atomic E-state index is -2.79. The molecule has 1 fully saturated rings. The van der Waals surface area contributed by atoms with Gasteiger partial charge in [-0.1, -0.05) is 36.4 Å². The zero-order valence-corrected chi connectivity index (χ0v) is 17.4. The van der Waals surface area contributed by atoms with E-state index in [-0.39, 0.29) is 23.6 Å². The number of aliphatic imine (C=N–C) groups is 1. The standard InChI is InChI=1S/C23H23N3O3S/c27-14-24-22-20-8-4-7-16(20)10-17-11-19(12-21(17)22)25-30(29)13-18(23(28)26-30)9-15-5-2-1-3-6-15/h1-3,5-6,10,18-19H,4,7-9,11-13H2,(H,25,26,28,29). The van der Waals surface area contributed by atoms with Crippen LogP contribution in [0.15, 0.2) is 45.8 Å². The van der Waals surface area contributed by atoms with E-state index >= 15 is 0 Å². The largest absolute Gasteiger partial charge is 0.274 e. The number of rotatable bonds is 4. The average Bonchev–Trinajstić information content (AvgIpc) is 3.40. The van der Waals surface area contributed by atoms with Crippen LogP contribution in [0.4, 0.5) is 5.69 Å². The molecule has 1 heterocycles. The Balaban J connectivity index is 1.39. The molecule has 0 bridgehead atoms. The van der Waals surface area contributed by atoms with Crippen LogP contribution in [0.5, 0.6) is 0 Å². The van der Waals surface area contributed by atoms with E-state index in [0.29, 0.717) is 19.3 Å². The van der Waals surface area contributed by atoms with E-state index in [2.05, 4.69) is 20.1 Å². The second-order valence-corrected chi connectivity index (χ2v) is 10.4. The van der Waals surface area contributed by atoms with Crippen LogP contribution in [0.3, 0.4) is 0 Å². The Labute approximate surface area is 176 Å². The molecule has 154 valence electrons. The topological polar surface area (TPSA) is 88.0 Å². The number of nitrogens with one attached hydrogen (secondary N) is 1. The number of benzene rings is 2. The minimum absolute atomic E-state index is 0.175. The van der Waals surface area contributed by atoms with Crippen LogP contribution in [0.2, 0.25) is 0 Å². The highest BCUT2D eigenvalue weighted by Crippen LogP contribution is 2.41. The van der Waals surface area contributed by atoms with E-state index < -0.39 is 9.92 Å². The van der Waals surface area contributed by atoms with E-state index in [0.717, 1.165) is 47.2 Å². The molecule has 2 aromatic rings. The van der Waals surface area contributed by atoms with Gasteiger partial charge in [-0.2, -0.15) is 4.99 Å². The number of hydrogen-bond acceptors (Lipinski definition) is 5. The van der Waals surface area contributed by atoms with Crippen molar-refractivity contribution in [3.63, 3.8) is 0 Å². The summed E-state index contributed by atoms with van der Waals surface area (Å²) in [6, 6.07) is 11.8. The summed E-state index contributed by atoms with van der Waals surface area (Å²) in [5, 5.41) is 0. The molecule has 3 atom stereocenters. The molecule has 2 aliphatic carbocycles. The molecule has 1 amide bonds. The summed E-state index contributed by atoms with van der Waals surface area (Å²) in [5.41, 5.74) is 6.37. The number of fused-ring (bicyclic) bond motifs is 2. The Morgan fingerprint density at radius 3 is 2.73 bits per heavy atom. The van der Waals surface area contributed by atoms with Crippen molar-refractivity contribution in [2.45, 2.75) is 44.6 Å². The van der Waals surface area contributed by atoms with Gasteiger partial charge in [-0.15, -0.1) is 0 Å². The van der Waals surface area contributed by atoms with Gasteiger partial charge in [0.1, 0.15) is 9.92 Å². The van der Waals surface area contributed by atoms with Crippen LogP contribution < -0.4 is 4.72 Å². The minimum Gasteiger partial charge on any atom is -0.274 e. The summed E-state index contributed by atoms with van der Waals surface area (Å²) in [5.74, 6) is -0.275. The molecular weight excluding hydrogens is 398 g/mol. The van der Waals surface area contributed by atoms with Gasteiger partial charge in [-0.25, -0.2) is 13.4 Å². The quantitative estimate of drug-likeness (QED) is 0.608. The number of hydrogen-bond donors (Lipinski definition) is 1. The highest BCUT2D eigenvalue weighted by molar-refractivity contribution is 7.92. The monoisotopic (exact) mass is 421 g/mol. The van der Waals surface area contributed by atoms with Crippen LogP contribution >= 0.6 is 0 Å². The molecule has 3 unspecified atom stereocenters. The SMILES string of the molecule is O=C=Nc1c2c(cc3c1CC(N=S1(=O)CC(Cc4ccccc4)C(=O)N1)C3)CCC2. The van der Waals surface area contributed by atoms with E-state index in [4.69, 9.17) is 0 Å². The zero-order chi connectivity index (χ0) is 20.7. The Bertz CT molecular complexity index is 1190. The second kappa shape index (κ2) is 7.49. The first kappa shape index (κ1) is 19.2. The van der Waals surface area contributed by atoms with Gasteiger partial charge in [-0.05, 0) is 66.3 Å². The Morgan fingerprint density at radius 1 is 1.10 bits per heavy atom. The Kier molecular flexibility index (Phi) is 4.80. The normalized spacial score (nSPS) is 26.6. The van der Waals surface area contributed by atoms with Crippen molar-refractivity contribution in [1.82, 2.24) is 4.72 Å². The van der Waals surface area contributed by atoms with Crippen molar-refractivity contribution in [3.05, 3.63) is 64.2 Å². The Hall–Kier alpha value is -2.76. The van der Waals surface area contributed by atoms with Crippen molar-refractivity contribution in [3.8, 4) is 0 Å². The van der Waals surface area contributed by atoms with Gasteiger partial charge in [0.15, 0.2) is 0 Å². The number of carbonyl (C=O) groups is 1. The highest BCUT2D eigenvalue weighted by atomic mass is 32.2. The first-order valence-electron chi connectivity index (χ1n) is 10.4. The van der Waals surface area contributed by atoms with Crippen LogP contribution in [0.1, 0.15) is 34.2 Å². The number of carbonyl (C=O) groups excluding carboxylic acids is 2. The molecule has 0 aromatic heterocycles. The van der Waals surface area contributed by atoms with Gasteiger partial charge < -0.3 is 0 Å². The summed E-state index contributed by atoms with van der Waals surface area (Å²) in [7, 11) is -2.79. The molecule has 0 radical (unpaired) electrons. The number of amides is 1. The zero-order valence-electron chi connectivity index (χ0n) is 16.6. The fourth-order valence-corrected chi connectivity index (χ4v) is 7.19. The lowest BCUT2D eigenvalue weighted by Crippen LogP contribution is -2.24. The third kappa shape index (κ3) is 3.48. The number of aryl methyl sites for hydroxylation is 1. The van der Waals surface area contributed by atoms with Crippen LogP contribution in [0.25, 0.3) is 0 Å². The number of nitrogens with zero attached hydrogens (tertiary/aromatic N) is 2. The maximum Gasteiger partial charge on any atom is 0.240 e. The van der Waals surface area contributed by atoms with E-state index in [1.807, 2.05) is 30.3 Å². The van der Waals surface area contributed by atoms with Gasteiger partial charge in [0.25, 0.3) is 0 Å². The van der Waals surface area contributed by atoms with Gasteiger partial charge >= 0.3 is 0 Å². The predicted octanol–water partition coefficient (Wildman–Crippen LogP) is 2.98. The molecule has 2 aromatic carbocycles. The van der Waals surface area contributed by atoms with E-state index in [1.54, 1.807) is 6.08 Å². The second-order valence-electron chi connectivity index (χ2n) is 8.38. The summed E-state index contributed by atoms with van der Waals surface area (Å²) in [6.07, 6.45) is 6.54. The maximum atomic E-state index is 13.3. The van der Waals surface area contributed by atoms with Gasteiger partial charge in [-0.3, -0.25) is 9.52 Å². The molecule has 6 nitrogen and oxygen atoms in total. The lowest BCUT2D eigenvalue weighted by molar-refractivity contribution is -0.121.